The average Bonchev–Trinajstić information content (AvgIpc) is 2.28. The molecule has 0 amide bonds. The van der Waals surface area contributed by atoms with Gasteiger partial charge in [0.05, 0.1) is 7.11 Å². The van der Waals surface area contributed by atoms with Crippen LogP contribution in [0.5, 0.6) is 5.75 Å². The van der Waals surface area contributed by atoms with E-state index in [4.69, 9.17) is 4.74 Å². The van der Waals surface area contributed by atoms with Gasteiger partial charge in [0.25, 0.3) is 0 Å². The monoisotopic (exact) mass is 234 g/mol. The lowest BCUT2D eigenvalue weighted by atomic mass is 9.99. The Morgan fingerprint density at radius 3 is 2.53 bits per heavy atom. The van der Waals surface area contributed by atoms with Gasteiger partial charge in [0.15, 0.2) is 0 Å². The Morgan fingerprint density at radius 1 is 1.29 bits per heavy atom. The van der Waals surface area contributed by atoms with E-state index in [1.165, 1.54) is 31.6 Å². The van der Waals surface area contributed by atoms with E-state index in [2.05, 4.69) is 29.4 Å². The van der Waals surface area contributed by atoms with Gasteiger partial charge in [-0.05, 0) is 56.7 Å². The van der Waals surface area contributed by atoms with Crippen molar-refractivity contribution in [2.24, 2.45) is 5.92 Å². The van der Waals surface area contributed by atoms with Crippen molar-refractivity contribution in [1.82, 2.24) is 10.2 Å². The van der Waals surface area contributed by atoms with Gasteiger partial charge in [0, 0.05) is 6.54 Å². The summed E-state index contributed by atoms with van der Waals surface area (Å²) in [5.41, 5.74) is 1.35. The van der Waals surface area contributed by atoms with E-state index in [1.807, 2.05) is 12.1 Å². The molecule has 1 aliphatic heterocycles. The second-order valence-electron chi connectivity index (χ2n) is 4.90. The van der Waals surface area contributed by atoms with E-state index in [1.54, 1.807) is 7.11 Å². The topological polar surface area (TPSA) is 24.5 Å². The Hall–Kier alpha value is -1.06. The minimum atomic E-state index is 0.897. The first-order chi connectivity index (χ1) is 8.28. The molecule has 17 heavy (non-hydrogen) atoms. The Kier molecular flexibility index (Phi) is 4.40. The number of rotatable bonds is 6. The van der Waals surface area contributed by atoms with Crippen molar-refractivity contribution in [1.29, 1.82) is 0 Å². The highest BCUT2D eigenvalue weighted by Gasteiger charge is 2.16. The lowest BCUT2D eigenvalue weighted by molar-refractivity contribution is 0.252. The van der Waals surface area contributed by atoms with Crippen LogP contribution in [0.2, 0.25) is 0 Å². The van der Waals surface area contributed by atoms with E-state index in [-0.39, 0.29) is 0 Å². The maximum Gasteiger partial charge on any atom is 0.118 e. The van der Waals surface area contributed by atoms with Crippen molar-refractivity contribution >= 4 is 0 Å². The van der Waals surface area contributed by atoms with Crippen molar-refractivity contribution in [3.63, 3.8) is 0 Å². The fourth-order valence-corrected chi connectivity index (χ4v) is 2.08. The summed E-state index contributed by atoms with van der Waals surface area (Å²) in [7, 11) is 3.89. The molecule has 1 aliphatic rings. The predicted molar refractivity (Wildman–Crippen MR) is 70.3 cm³/mol. The van der Waals surface area contributed by atoms with Gasteiger partial charge in [-0.2, -0.15) is 0 Å². The van der Waals surface area contributed by atoms with Crippen LogP contribution < -0.4 is 10.1 Å². The van der Waals surface area contributed by atoms with Crippen molar-refractivity contribution in [3.8, 4) is 5.75 Å². The normalized spacial score (nSPS) is 15.9. The first kappa shape index (κ1) is 12.4. The van der Waals surface area contributed by atoms with Crippen LogP contribution in [-0.4, -0.2) is 38.7 Å². The lowest BCUT2D eigenvalue weighted by Crippen LogP contribution is -2.43. The Balaban J connectivity index is 1.74. The molecule has 2 rings (SSSR count). The van der Waals surface area contributed by atoms with Gasteiger partial charge in [-0.25, -0.2) is 0 Å². The van der Waals surface area contributed by atoms with Gasteiger partial charge in [-0.3, -0.25) is 0 Å². The molecule has 1 aromatic carbocycles. The highest BCUT2D eigenvalue weighted by atomic mass is 16.5. The molecule has 0 atom stereocenters. The molecular formula is C14H22N2O. The standard InChI is InChI=1S/C14H22N2O/c1-16(8-7-13-9-15-10-13)11-12-3-5-14(17-2)6-4-12/h3-6,13,15H,7-11H2,1-2H3. The van der Waals surface area contributed by atoms with Crippen molar-refractivity contribution < 1.29 is 4.74 Å². The van der Waals surface area contributed by atoms with Crippen LogP contribution in [0.3, 0.4) is 0 Å². The summed E-state index contributed by atoms with van der Waals surface area (Å²) in [5.74, 6) is 1.82. The average molecular weight is 234 g/mol. The van der Waals surface area contributed by atoms with Crippen molar-refractivity contribution in [3.05, 3.63) is 29.8 Å². The van der Waals surface area contributed by atoms with Crippen LogP contribution in [0.25, 0.3) is 0 Å². The highest BCUT2D eigenvalue weighted by molar-refractivity contribution is 5.26. The number of methoxy groups -OCH3 is 1. The summed E-state index contributed by atoms with van der Waals surface area (Å²) in [5, 5.41) is 3.31. The smallest absolute Gasteiger partial charge is 0.118 e. The molecule has 1 aromatic rings. The quantitative estimate of drug-likeness (QED) is 0.811. The summed E-state index contributed by atoms with van der Waals surface area (Å²) >= 11 is 0. The van der Waals surface area contributed by atoms with Gasteiger partial charge in [-0.15, -0.1) is 0 Å². The third-order valence-electron chi connectivity index (χ3n) is 3.40. The van der Waals surface area contributed by atoms with Gasteiger partial charge >= 0.3 is 0 Å². The van der Waals surface area contributed by atoms with Gasteiger partial charge in [0.1, 0.15) is 5.75 Å². The zero-order valence-electron chi connectivity index (χ0n) is 10.8. The van der Waals surface area contributed by atoms with Crippen LogP contribution in [0.1, 0.15) is 12.0 Å². The minimum absolute atomic E-state index is 0.897. The Morgan fingerprint density at radius 2 is 2.00 bits per heavy atom. The van der Waals surface area contributed by atoms with E-state index in [0.29, 0.717) is 0 Å². The second kappa shape index (κ2) is 6.03. The van der Waals surface area contributed by atoms with Gasteiger partial charge in [-0.1, -0.05) is 12.1 Å². The van der Waals surface area contributed by atoms with Crippen LogP contribution in [0, 0.1) is 5.92 Å². The zero-order valence-corrected chi connectivity index (χ0v) is 10.8. The molecule has 1 saturated heterocycles. The molecule has 1 fully saturated rings. The number of benzene rings is 1. The molecule has 0 unspecified atom stereocenters. The minimum Gasteiger partial charge on any atom is -0.497 e. The van der Waals surface area contributed by atoms with Crippen LogP contribution in [0.4, 0.5) is 0 Å². The fraction of sp³-hybridized carbons (Fsp3) is 0.571. The maximum atomic E-state index is 5.15. The van der Waals surface area contributed by atoms with Crippen molar-refractivity contribution in [2.45, 2.75) is 13.0 Å². The Bertz CT molecular complexity index is 333. The number of ether oxygens (including phenoxy) is 1. The first-order valence-corrected chi connectivity index (χ1v) is 6.30. The summed E-state index contributed by atoms with van der Waals surface area (Å²) in [6, 6.07) is 8.33. The SMILES string of the molecule is COc1ccc(CN(C)CCC2CNC2)cc1. The zero-order chi connectivity index (χ0) is 12.1. The molecule has 0 radical (unpaired) electrons. The highest BCUT2D eigenvalue weighted by Crippen LogP contribution is 2.14. The van der Waals surface area contributed by atoms with Crippen LogP contribution >= 0.6 is 0 Å². The lowest BCUT2D eigenvalue weighted by Gasteiger charge is -2.29. The number of hydrogen-bond donors (Lipinski definition) is 1. The molecule has 0 aliphatic carbocycles. The fourth-order valence-electron chi connectivity index (χ4n) is 2.08. The summed E-state index contributed by atoms with van der Waals surface area (Å²) in [6.07, 6.45) is 1.31. The third kappa shape index (κ3) is 3.72. The molecule has 94 valence electrons. The largest absolute Gasteiger partial charge is 0.497 e. The molecule has 1 heterocycles. The molecule has 0 spiro atoms. The maximum absolute atomic E-state index is 5.15. The predicted octanol–water partition coefficient (Wildman–Crippen LogP) is 1.74. The number of nitrogens with one attached hydrogen (secondary N) is 1. The number of nitrogens with zero attached hydrogens (tertiary/aromatic N) is 1. The summed E-state index contributed by atoms with van der Waals surface area (Å²) in [6.45, 7) is 4.61. The molecule has 0 saturated carbocycles. The third-order valence-corrected chi connectivity index (χ3v) is 3.40. The molecule has 3 heteroatoms. The van der Waals surface area contributed by atoms with Crippen molar-refractivity contribution in [2.75, 3.05) is 33.8 Å². The number of hydrogen-bond acceptors (Lipinski definition) is 3. The summed E-state index contributed by atoms with van der Waals surface area (Å²) < 4.78 is 5.15. The van der Waals surface area contributed by atoms with E-state index in [9.17, 15) is 0 Å². The Labute approximate surface area is 104 Å². The van der Waals surface area contributed by atoms with E-state index in [0.717, 1.165) is 18.2 Å². The summed E-state index contributed by atoms with van der Waals surface area (Å²) in [4.78, 5) is 2.39. The molecule has 3 nitrogen and oxygen atoms in total. The van der Waals surface area contributed by atoms with Crippen LogP contribution in [-0.2, 0) is 6.54 Å². The molecule has 0 aromatic heterocycles. The molecular weight excluding hydrogens is 212 g/mol. The molecule has 0 bridgehead atoms. The molecule has 1 N–H and O–H groups in total. The van der Waals surface area contributed by atoms with Gasteiger partial charge < -0.3 is 15.0 Å². The van der Waals surface area contributed by atoms with Gasteiger partial charge in [0.2, 0.25) is 0 Å². The van der Waals surface area contributed by atoms with E-state index >= 15 is 0 Å². The van der Waals surface area contributed by atoms with Crippen LogP contribution in [0.15, 0.2) is 24.3 Å². The second-order valence-corrected chi connectivity index (χ2v) is 4.90. The first-order valence-electron chi connectivity index (χ1n) is 6.30. The van der Waals surface area contributed by atoms with E-state index < -0.39 is 0 Å².